The fraction of sp³-hybridized carbons (Fsp3) is 0.529. The second-order valence-corrected chi connectivity index (χ2v) is 5.89. The van der Waals surface area contributed by atoms with Crippen molar-refractivity contribution in [2.75, 3.05) is 6.54 Å². The summed E-state index contributed by atoms with van der Waals surface area (Å²) in [4.78, 5) is 24.3. The number of benzene rings is 1. The fourth-order valence-corrected chi connectivity index (χ4v) is 2.93. The van der Waals surface area contributed by atoms with Gasteiger partial charge >= 0.3 is 12.2 Å². The number of nitrogens with zero attached hydrogens (tertiary/aromatic N) is 1. The van der Waals surface area contributed by atoms with E-state index in [2.05, 4.69) is 5.32 Å². The van der Waals surface area contributed by atoms with Gasteiger partial charge in [-0.2, -0.15) is 0 Å². The summed E-state index contributed by atoms with van der Waals surface area (Å²) in [6.45, 7) is 1.83. The van der Waals surface area contributed by atoms with E-state index in [1.54, 1.807) is 0 Å². The first kappa shape index (κ1) is 18.0. The maximum atomic E-state index is 14.2. The average molecular weight is 338 g/mol. The number of unbranched alkanes of at least 4 members (excludes halogenated alkanes) is 1. The number of carboxylic acid groups (broad SMARTS) is 1. The van der Waals surface area contributed by atoms with Crippen molar-refractivity contribution in [3.63, 3.8) is 0 Å². The van der Waals surface area contributed by atoms with Gasteiger partial charge in [-0.15, -0.1) is 0 Å². The molecular weight excluding hydrogens is 315 g/mol. The lowest BCUT2D eigenvalue weighted by atomic mass is 10.0. The molecule has 0 spiro atoms. The molecule has 0 aliphatic carbocycles. The van der Waals surface area contributed by atoms with E-state index in [0.717, 1.165) is 23.3 Å². The van der Waals surface area contributed by atoms with E-state index >= 15 is 0 Å². The van der Waals surface area contributed by atoms with Crippen molar-refractivity contribution in [3.05, 3.63) is 35.9 Å². The third-order valence-corrected chi connectivity index (χ3v) is 4.17. The van der Waals surface area contributed by atoms with E-state index < -0.39 is 30.4 Å². The van der Waals surface area contributed by atoms with Gasteiger partial charge in [0.15, 0.2) is 0 Å². The van der Waals surface area contributed by atoms with Crippen LogP contribution in [0.15, 0.2) is 30.3 Å². The molecule has 0 aromatic heterocycles. The van der Waals surface area contributed by atoms with Crippen LogP contribution in [0.2, 0.25) is 0 Å². The molecule has 1 fully saturated rings. The van der Waals surface area contributed by atoms with Crippen molar-refractivity contribution >= 4 is 12.2 Å². The summed E-state index contributed by atoms with van der Waals surface area (Å²) in [5.74, 6) is 0. The summed E-state index contributed by atoms with van der Waals surface area (Å²) >= 11 is 0. The second-order valence-electron chi connectivity index (χ2n) is 5.89. The highest BCUT2D eigenvalue weighted by Crippen LogP contribution is 2.25. The van der Waals surface area contributed by atoms with Crippen molar-refractivity contribution in [1.82, 2.24) is 10.2 Å². The molecule has 132 valence electrons. The average Bonchev–Trinajstić information content (AvgIpc) is 2.88. The summed E-state index contributed by atoms with van der Waals surface area (Å²) in [6, 6.07) is 7.70. The summed E-state index contributed by atoms with van der Waals surface area (Å²) in [5.41, 5.74) is 0.825. The Morgan fingerprint density at radius 1 is 1.38 bits per heavy atom. The zero-order valence-electron chi connectivity index (χ0n) is 13.7. The SMILES string of the molecule is CCCCC1C(NC(=O)OCc2ccccc2)C(F)CN1C(=O)O. The highest BCUT2D eigenvalue weighted by Gasteiger charge is 2.45. The molecule has 24 heavy (non-hydrogen) atoms. The van der Waals surface area contributed by atoms with Crippen LogP contribution in [0.5, 0.6) is 0 Å². The van der Waals surface area contributed by atoms with Crippen molar-refractivity contribution in [3.8, 4) is 0 Å². The number of nitrogens with one attached hydrogen (secondary N) is 1. The topological polar surface area (TPSA) is 78.9 Å². The van der Waals surface area contributed by atoms with Crippen LogP contribution in [0.25, 0.3) is 0 Å². The zero-order chi connectivity index (χ0) is 17.5. The van der Waals surface area contributed by atoms with Crippen molar-refractivity contribution in [2.24, 2.45) is 0 Å². The van der Waals surface area contributed by atoms with E-state index in [0.29, 0.717) is 6.42 Å². The number of alkyl halides is 1. The van der Waals surface area contributed by atoms with Gasteiger partial charge < -0.3 is 20.1 Å². The molecule has 1 aliphatic heterocycles. The molecule has 7 heteroatoms. The molecule has 3 unspecified atom stereocenters. The molecule has 6 nitrogen and oxygen atoms in total. The van der Waals surface area contributed by atoms with Crippen LogP contribution in [0.4, 0.5) is 14.0 Å². The molecule has 3 atom stereocenters. The van der Waals surface area contributed by atoms with Crippen LogP contribution < -0.4 is 5.32 Å². The van der Waals surface area contributed by atoms with Gasteiger partial charge in [-0.25, -0.2) is 14.0 Å². The first-order chi connectivity index (χ1) is 11.5. The minimum atomic E-state index is -1.44. The van der Waals surface area contributed by atoms with Crippen LogP contribution in [0.1, 0.15) is 31.7 Å². The minimum Gasteiger partial charge on any atom is -0.465 e. The Morgan fingerprint density at radius 2 is 2.08 bits per heavy atom. The Kier molecular flexibility index (Phi) is 6.40. The van der Waals surface area contributed by atoms with Crippen LogP contribution in [0, 0.1) is 0 Å². The first-order valence-electron chi connectivity index (χ1n) is 8.13. The van der Waals surface area contributed by atoms with Gasteiger partial charge in [0, 0.05) is 0 Å². The van der Waals surface area contributed by atoms with E-state index in [9.17, 15) is 19.1 Å². The predicted octanol–water partition coefficient (Wildman–Crippen LogP) is 3.17. The minimum absolute atomic E-state index is 0.0820. The highest BCUT2D eigenvalue weighted by molar-refractivity contribution is 5.69. The largest absolute Gasteiger partial charge is 0.465 e. The van der Waals surface area contributed by atoms with E-state index in [1.165, 1.54) is 0 Å². The van der Waals surface area contributed by atoms with Crippen molar-refractivity contribution in [2.45, 2.75) is 51.0 Å². The Labute approximate surface area is 140 Å². The predicted molar refractivity (Wildman–Crippen MR) is 86.5 cm³/mol. The van der Waals surface area contributed by atoms with Crippen LogP contribution in [0.3, 0.4) is 0 Å². The lowest BCUT2D eigenvalue weighted by molar-refractivity contribution is 0.120. The van der Waals surface area contributed by atoms with Gasteiger partial charge in [-0.3, -0.25) is 0 Å². The maximum absolute atomic E-state index is 14.2. The van der Waals surface area contributed by atoms with Crippen molar-refractivity contribution in [1.29, 1.82) is 0 Å². The Morgan fingerprint density at radius 3 is 2.71 bits per heavy atom. The normalized spacial score (nSPS) is 23.1. The van der Waals surface area contributed by atoms with Crippen LogP contribution >= 0.6 is 0 Å². The maximum Gasteiger partial charge on any atom is 0.407 e. The smallest absolute Gasteiger partial charge is 0.407 e. The molecule has 0 saturated carbocycles. The third-order valence-electron chi connectivity index (χ3n) is 4.17. The molecule has 2 N–H and O–H groups in total. The molecule has 1 aromatic rings. The van der Waals surface area contributed by atoms with E-state index in [1.807, 2.05) is 37.3 Å². The third kappa shape index (κ3) is 4.59. The summed E-state index contributed by atoms with van der Waals surface area (Å²) in [5, 5.41) is 11.7. The van der Waals surface area contributed by atoms with Gasteiger partial charge in [-0.1, -0.05) is 50.1 Å². The molecule has 0 radical (unpaired) electrons. The Hall–Kier alpha value is -2.31. The number of amides is 2. The quantitative estimate of drug-likeness (QED) is 0.835. The van der Waals surface area contributed by atoms with Gasteiger partial charge in [-0.05, 0) is 12.0 Å². The Bertz CT molecular complexity index is 555. The lowest BCUT2D eigenvalue weighted by Gasteiger charge is -2.26. The van der Waals surface area contributed by atoms with Crippen molar-refractivity contribution < 1.29 is 23.8 Å². The first-order valence-corrected chi connectivity index (χ1v) is 8.13. The number of carbonyl (C=O) groups excluding carboxylic acids is 1. The molecule has 1 saturated heterocycles. The number of hydrogen-bond donors (Lipinski definition) is 2. The lowest BCUT2D eigenvalue weighted by Crippen LogP contribution is -2.48. The summed E-state index contributed by atoms with van der Waals surface area (Å²) in [6.07, 6.45) is -1.20. The van der Waals surface area contributed by atoms with Gasteiger partial charge in [0.25, 0.3) is 0 Å². The Balaban J connectivity index is 1.94. The van der Waals surface area contributed by atoms with Gasteiger partial charge in [0.2, 0.25) is 0 Å². The number of likely N-dealkylation sites (tertiary alicyclic amines) is 1. The molecule has 2 amide bonds. The standard InChI is InChI=1S/C17H23FN2O4/c1-2-3-9-14-15(13(18)10-20(14)17(22)23)19-16(21)24-11-12-7-5-4-6-8-12/h4-8,13-15H,2-3,9-11H2,1H3,(H,19,21)(H,22,23). The second kappa shape index (κ2) is 8.52. The van der Waals surface area contributed by atoms with Gasteiger partial charge in [0.1, 0.15) is 12.8 Å². The highest BCUT2D eigenvalue weighted by atomic mass is 19.1. The molecule has 2 rings (SSSR count). The number of hydrogen-bond acceptors (Lipinski definition) is 3. The molecule has 1 aliphatic rings. The molecular formula is C17H23FN2O4. The number of alkyl carbamates (subject to hydrolysis) is 1. The van der Waals surface area contributed by atoms with E-state index in [-0.39, 0.29) is 13.2 Å². The molecule has 1 aromatic carbocycles. The monoisotopic (exact) mass is 338 g/mol. The summed E-state index contributed by atoms with van der Waals surface area (Å²) in [7, 11) is 0. The fourth-order valence-electron chi connectivity index (χ4n) is 2.93. The number of carbonyl (C=O) groups is 2. The van der Waals surface area contributed by atoms with E-state index in [4.69, 9.17) is 4.74 Å². The number of halogens is 1. The summed E-state index contributed by atoms with van der Waals surface area (Å²) < 4.78 is 19.3. The van der Waals surface area contributed by atoms with Gasteiger partial charge in [0.05, 0.1) is 18.6 Å². The number of rotatable bonds is 6. The van der Waals surface area contributed by atoms with Crippen LogP contribution in [-0.4, -0.2) is 47.0 Å². The molecule has 1 heterocycles. The van der Waals surface area contributed by atoms with Crippen LogP contribution in [-0.2, 0) is 11.3 Å². The number of ether oxygens (including phenoxy) is 1. The zero-order valence-corrected chi connectivity index (χ0v) is 13.7. The molecule has 0 bridgehead atoms.